The van der Waals surface area contributed by atoms with Gasteiger partial charge in [0.15, 0.2) is 0 Å². The molecule has 2 atom stereocenters. The number of amides is 2. The number of hydrogen-bond donors (Lipinski definition) is 0. The Hall–Kier alpha value is -1.93. The first-order chi connectivity index (χ1) is 15.9. The van der Waals surface area contributed by atoms with E-state index in [4.69, 9.17) is 0 Å². The maximum Gasteiger partial charge on any atom is 0.243 e. The number of carbonyl (C=O) groups excluding carboxylic acids is 2. The molecule has 1 saturated carbocycles. The largest absolute Gasteiger partial charge is 0.342 e. The fraction of sp³-hybridized carbons (Fsp3) is 0.680. The molecule has 1 aliphatic carbocycles. The molecule has 0 N–H and O–H groups in total. The van der Waals surface area contributed by atoms with Gasteiger partial charge in [0.2, 0.25) is 21.8 Å². The lowest BCUT2D eigenvalue weighted by molar-refractivity contribution is -0.136. The molecule has 0 spiro atoms. The number of fused-ring (bicyclic) bond motifs is 1. The zero-order valence-electron chi connectivity index (χ0n) is 19.5. The number of benzene rings is 1. The van der Waals surface area contributed by atoms with E-state index in [1.54, 1.807) is 18.2 Å². The molecule has 0 radical (unpaired) electrons. The fourth-order valence-electron chi connectivity index (χ4n) is 5.69. The lowest BCUT2D eigenvalue weighted by atomic mass is 9.98. The van der Waals surface area contributed by atoms with Crippen LogP contribution in [-0.4, -0.2) is 61.7 Å². The second-order valence-electron chi connectivity index (χ2n) is 10.3. The molecule has 4 aliphatic rings. The summed E-state index contributed by atoms with van der Waals surface area (Å²) < 4.78 is 28.5. The third-order valence-electron chi connectivity index (χ3n) is 7.72. The third kappa shape index (κ3) is 4.44. The normalized spacial score (nSPS) is 26.7. The Morgan fingerprint density at radius 2 is 1.61 bits per heavy atom. The summed E-state index contributed by atoms with van der Waals surface area (Å²) in [4.78, 5) is 29.9. The van der Waals surface area contributed by atoms with E-state index in [1.165, 1.54) is 4.31 Å². The average Bonchev–Trinajstić information content (AvgIpc) is 3.63. The van der Waals surface area contributed by atoms with Crippen molar-refractivity contribution >= 4 is 27.5 Å². The Balaban J connectivity index is 1.32. The summed E-state index contributed by atoms with van der Waals surface area (Å²) in [5, 5.41) is 0. The van der Waals surface area contributed by atoms with Crippen molar-refractivity contribution in [2.24, 2.45) is 11.8 Å². The van der Waals surface area contributed by atoms with Crippen molar-refractivity contribution in [1.29, 1.82) is 0 Å². The summed E-state index contributed by atoms with van der Waals surface area (Å²) >= 11 is 0. The molecular weight excluding hydrogens is 438 g/mol. The second kappa shape index (κ2) is 9.02. The highest BCUT2D eigenvalue weighted by Gasteiger charge is 2.40. The van der Waals surface area contributed by atoms with E-state index in [1.807, 2.05) is 16.7 Å². The van der Waals surface area contributed by atoms with Crippen molar-refractivity contribution in [3.8, 4) is 0 Å². The van der Waals surface area contributed by atoms with Crippen LogP contribution in [0.15, 0.2) is 23.1 Å². The van der Waals surface area contributed by atoms with Crippen LogP contribution < -0.4 is 4.90 Å². The van der Waals surface area contributed by atoms with Gasteiger partial charge in [-0.25, -0.2) is 8.42 Å². The first kappa shape index (κ1) is 22.8. The number of nitrogens with zero attached hydrogens (tertiary/aromatic N) is 3. The molecule has 3 aliphatic heterocycles. The lowest BCUT2D eigenvalue weighted by Crippen LogP contribution is -2.47. The molecular formula is C25H35N3O4S. The van der Waals surface area contributed by atoms with Gasteiger partial charge in [0.05, 0.1) is 10.8 Å². The van der Waals surface area contributed by atoms with Crippen LogP contribution in [0.1, 0.15) is 63.9 Å². The number of likely N-dealkylation sites (tertiary alicyclic amines) is 1. The molecule has 180 valence electrons. The van der Waals surface area contributed by atoms with Gasteiger partial charge in [-0.2, -0.15) is 4.31 Å². The summed E-state index contributed by atoms with van der Waals surface area (Å²) in [5.41, 5.74) is 1.78. The van der Waals surface area contributed by atoms with Gasteiger partial charge >= 0.3 is 0 Å². The summed E-state index contributed by atoms with van der Waals surface area (Å²) in [6.45, 7) is 4.32. The van der Waals surface area contributed by atoms with Gasteiger partial charge in [0.25, 0.3) is 0 Å². The van der Waals surface area contributed by atoms with Gasteiger partial charge in [0, 0.05) is 43.8 Å². The average molecular weight is 474 g/mol. The van der Waals surface area contributed by atoms with Gasteiger partial charge in [0.1, 0.15) is 0 Å². The van der Waals surface area contributed by atoms with Crippen molar-refractivity contribution in [2.45, 2.75) is 75.6 Å². The molecule has 2 unspecified atom stereocenters. The minimum Gasteiger partial charge on any atom is -0.342 e. The molecule has 0 bridgehead atoms. The summed E-state index contributed by atoms with van der Waals surface area (Å²) in [5.74, 6) is 0.165. The summed E-state index contributed by atoms with van der Waals surface area (Å²) in [7, 11) is -3.69. The predicted molar refractivity (Wildman–Crippen MR) is 126 cm³/mol. The Morgan fingerprint density at radius 3 is 2.30 bits per heavy atom. The Labute approximate surface area is 197 Å². The number of carbonyl (C=O) groups is 2. The monoisotopic (exact) mass is 473 g/mol. The highest BCUT2D eigenvalue weighted by Crippen LogP contribution is 2.40. The predicted octanol–water partition coefficient (Wildman–Crippen LogP) is 3.18. The van der Waals surface area contributed by atoms with E-state index in [2.05, 4.69) is 0 Å². The van der Waals surface area contributed by atoms with Crippen LogP contribution in [0.3, 0.4) is 0 Å². The van der Waals surface area contributed by atoms with E-state index >= 15 is 0 Å². The van der Waals surface area contributed by atoms with Crippen LogP contribution >= 0.6 is 0 Å². The highest BCUT2D eigenvalue weighted by molar-refractivity contribution is 7.89. The molecule has 2 amide bonds. The lowest BCUT2D eigenvalue weighted by Gasteiger charge is -2.34. The smallest absolute Gasteiger partial charge is 0.243 e. The molecule has 3 heterocycles. The molecule has 1 aromatic rings. The van der Waals surface area contributed by atoms with Crippen LogP contribution in [-0.2, 0) is 26.0 Å². The van der Waals surface area contributed by atoms with E-state index in [0.717, 1.165) is 69.3 Å². The van der Waals surface area contributed by atoms with Gasteiger partial charge in [-0.05, 0) is 75.6 Å². The Kier molecular flexibility index (Phi) is 6.25. The molecule has 0 aromatic heterocycles. The zero-order valence-corrected chi connectivity index (χ0v) is 20.4. The Morgan fingerprint density at radius 1 is 0.879 bits per heavy atom. The van der Waals surface area contributed by atoms with Gasteiger partial charge in [-0.3, -0.25) is 9.59 Å². The van der Waals surface area contributed by atoms with Crippen LogP contribution in [0.2, 0.25) is 0 Å². The SMILES string of the molecule is CC1Cc2cc(S(=O)(=O)N3CCCC(C(=O)N4CCCCCC4)C3)ccc2N1C(=O)C1CC1. The quantitative estimate of drug-likeness (QED) is 0.673. The molecule has 1 aromatic carbocycles. The fourth-order valence-corrected chi connectivity index (χ4v) is 7.27. The highest BCUT2D eigenvalue weighted by atomic mass is 32.2. The van der Waals surface area contributed by atoms with Crippen LogP contribution in [0.4, 0.5) is 5.69 Å². The number of anilines is 1. The topological polar surface area (TPSA) is 78.0 Å². The zero-order chi connectivity index (χ0) is 23.2. The Bertz CT molecular complexity index is 1030. The molecule has 2 saturated heterocycles. The maximum atomic E-state index is 13.5. The number of sulfonamides is 1. The number of hydrogen-bond acceptors (Lipinski definition) is 4. The van der Waals surface area contributed by atoms with E-state index < -0.39 is 10.0 Å². The molecule has 5 rings (SSSR count). The molecule has 8 heteroatoms. The van der Waals surface area contributed by atoms with E-state index in [9.17, 15) is 18.0 Å². The standard InChI is InChI=1S/C25H35N3O4S/c1-18-15-21-16-22(10-11-23(21)28(18)25(30)19-8-9-19)33(31,32)27-14-6-7-20(17-27)24(29)26-12-4-2-3-5-13-26/h10-11,16,18-20H,2-9,12-15,17H2,1H3. The minimum absolute atomic E-state index is 0.0525. The number of rotatable bonds is 4. The molecule has 33 heavy (non-hydrogen) atoms. The first-order valence-electron chi connectivity index (χ1n) is 12.6. The summed E-state index contributed by atoms with van der Waals surface area (Å²) in [6.07, 6.45) is 8.43. The van der Waals surface area contributed by atoms with Crippen LogP contribution in [0.5, 0.6) is 0 Å². The maximum absolute atomic E-state index is 13.5. The van der Waals surface area contributed by atoms with Crippen molar-refractivity contribution in [3.05, 3.63) is 23.8 Å². The van der Waals surface area contributed by atoms with Crippen LogP contribution in [0.25, 0.3) is 0 Å². The van der Waals surface area contributed by atoms with Crippen molar-refractivity contribution in [2.75, 3.05) is 31.1 Å². The third-order valence-corrected chi connectivity index (χ3v) is 9.58. The van der Waals surface area contributed by atoms with Crippen LogP contribution in [0, 0.1) is 11.8 Å². The van der Waals surface area contributed by atoms with Crippen molar-refractivity contribution in [3.63, 3.8) is 0 Å². The van der Waals surface area contributed by atoms with Gasteiger partial charge < -0.3 is 9.80 Å². The van der Waals surface area contributed by atoms with E-state index in [0.29, 0.717) is 19.4 Å². The molecule has 3 fully saturated rings. The van der Waals surface area contributed by atoms with Gasteiger partial charge in [-0.1, -0.05) is 12.8 Å². The number of piperidine rings is 1. The molecule has 7 nitrogen and oxygen atoms in total. The minimum atomic E-state index is -3.69. The van der Waals surface area contributed by atoms with Gasteiger partial charge in [-0.15, -0.1) is 0 Å². The first-order valence-corrected chi connectivity index (χ1v) is 14.0. The van der Waals surface area contributed by atoms with Crippen molar-refractivity contribution in [1.82, 2.24) is 9.21 Å². The second-order valence-corrected chi connectivity index (χ2v) is 12.2. The van der Waals surface area contributed by atoms with E-state index in [-0.39, 0.29) is 41.1 Å². The summed E-state index contributed by atoms with van der Waals surface area (Å²) in [6, 6.07) is 5.24. The van der Waals surface area contributed by atoms with Crippen molar-refractivity contribution < 1.29 is 18.0 Å².